The summed E-state index contributed by atoms with van der Waals surface area (Å²) in [7, 11) is 1.43. The van der Waals surface area contributed by atoms with Crippen molar-refractivity contribution in [2.24, 2.45) is 5.92 Å². The maximum atomic E-state index is 11.6. The summed E-state index contributed by atoms with van der Waals surface area (Å²) >= 11 is 1.72. The van der Waals surface area contributed by atoms with Gasteiger partial charge in [0.2, 0.25) is 0 Å². The van der Waals surface area contributed by atoms with Crippen molar-refractivity contribution < 1.29 is 9.53 Å². The van der Waals surface area contributed by atoms with Gasteiger partial charge in [-0.25, -0.2) is 0 Å². The fraction of sp³-hybridized carbons (Fsp3) is 0.615. The smallest absolute Gasteiger partial charge is 0.322 e. The van der Waals surface area contributed by atoms with E-state index in [0.29, 0.717) is 5.92 Å². The molecule has 0 saturated heterocycles. The van der Waals surface area contributed by atoms with Crippen LogP contribution in [0.15, 0.2) is 17.5 Å². The molecule has 1 aromatic rings. The van der Waals surface area contributed by atoms with Gasteiger partial charge in [0.15, 0.2) is 0 Å². The highest BCUT2D eigenvalue weighted by atomic mass is 32.1. The molecule has 0 radical (unpaired) electrons. The van der Waals surface area contributed by atoms with Crippen LogP contribution in [0, 0.1) is 5.92 Å². The van der Waals surface area contributed by atoms with E-state index in [-0.39, 0.29) is 18.1 Å². The van der Waals surface area contributed by atoms with Gasteiger partial charge in [-0.3, -0.25) is 10.1 Å². The first-order valence-electron chi connectivity index (χ1n) is 5.97. The quantitative estimate of drug-likeness (QED) is 0.794. The highest BCUT2D eigenvalue weighted by Gasteiger charge is 2.24. The second-order valence-corrected chi connectivity index (χ2v) is 5.37. The zero-order valence-electron chi connectivity index (χ0n) is 10.9. The summed E-state index contributed by atoms with van der Waals surface area (Å²) in [5.41, 5.74) is 0. The predicted octanol–water partition coefficient (Wildman–Crippen LogP) is 2.99. The fourth-order valence-corrected chi connectivity index (χ4v) is 2.74. The summed E-state index contributed by atoms with van der Waals surface area (Å²) in [6.07, 6.45) is 0.737. The van der Waals surface area contributed by atoms with Crippen LogP contribution in [0.1, 0.15) is 38.1 Å². The van der Waals surface area contributed by atoms with E-state index in [4.69, 9.17) is 4.74 Å². The van der Waals surface area contributed by atoms with Crippen molar-refractivity contribution in [2.75, 3.05) is 7.11 Å². The SMILES string of the molecule is CCC(NC(c1cccs1)C(C)C)C(=O)OC. The minimum atomic E-state index is -0.227. The maximum Gasteiger partial charge on any atom is 0.322 e. The van der Waals surface area contributed by atoms with E-state index < -0.39 is 0 Å². The second kappa shape index (κ2) is 6.77. The monoisotopic (exact) mass is 255 g/mol. The average molecular weight is 255 g/mol. The highest BCUT2D eigenvalue weighted by Crippen LogP contribution is 2.26. The molecule has 0 aliphatic heterocycles. The third-order valence-electron chi connectivity index (χ3n) is 2.79. The van der Waals surface area contributed by atoms with Crippen molar-refractivity contribution >= 4 is 17.3 Å². The third kappa shape index (κ3) is 3.82. The minimum Gasteiger partial charge on any atom is -0.468 e. The molecule has 1 aromatic heterocycles. The standard InChI is InChI=1S/C13H21NO2S/c1-5-10(13(15)16-4)14-12(9(2)3)11-7-6-8-17-11/h6-10,12,14H,5H2,1-4H3. The van der Waals surface area contributed by atoms with Crippen LogP contribution in [0.4, 0.5) is 0 Å². The molecule has 2 atom stereocenters. The molecule has 4 heteroatoms. The van der Waals surface area contributed by atoms with Crippen LogP contribution in [0.5, 0.6) is 0 Å². The molecule has 3 nitrogen and oxygen atoms in total. The number of nitrogens with one attached hydrogen (secondary N) is 1. The van der Waals surface area contributed by atoms with E-state index in [9.17, 15) is 4.79 Å². The Hall–Kier alpha value is -0.870. The van der Waals surface area contributed by atoms with E-state index in [1.54, 1.807) is 11.3 Å². The molecule has 96 valence electrons. The first-order chi connectivity index (χ1) is 8.10. The Kier molecular flexibility index (Phi) is 5.65. The van der Waals surface area contributed by atoms with E-state index in [2.05, 4.69) is 30.6 Å². The van der Waals surface area contributed by atoms with E-state index in [0.717, 1.165) is 6.42 Å². The highest BCUT2D eigenvalue weighted by molar-refractivity contribution is 7.10. The van der Waals surface area contributed by atoms with Crippen molar-refractivity contribution in [1.82, 2.24) is 5.32 Å². The molecule has 17 heavy (non-hydrogen) atoms. The van der Waals surface area contributed by atoms with Gasteiger partial charge in [0, 0.05) is 10.9 Å². The number of esters is 1. The Balaban J connectivity index is 2.76. The fourth-order valence-electron chi connectivity index (χ4n) is 1.78. The van der Waals surface area contributed by atoms with Crippen LogP contribution in [-0.2, 0) is 9.53 Å². The van der Waals surface area contributed by atoms with Gasteiger partial charge in [-0.2, -0.15) is 0 Å². The molecule has 0 aromatic carbocycles. The van der Waals surface area contributed by atoms with E-state index in [1.165, 1.54) is 12.0 Å². The summed E-state index contributed by atoms with van der Waals surface area (Å²) in [5.74, 6) is 0.252. The Morgan fingerprint density at radius 1 is 1.53 bits per heavy atom. The third-order valence-corrected chi connectivity index (χ3v) is 3.75. The van der Waals surface area contributed by atoms with Gasteiger partial charge in [-0.15, -0.1) is 11.3 Å². The number of hydrogen-bond donors (Lipinski definition) is 1. The molecule has 0 amide bonds. The summed E-state index contributed by atoms with van der Waals surface area (Å²) in [4.78, 5) is 12.9. The number of rotatable bonds is 6. The number of ether oxygens (including phenoxy) is 1. The molecule has 0 aliphatic carbocycles. The lowest BCUT2D eigenvalue weighted by atomic mass is 10.0. The zero-order valence-corrected chi connectivity index (χ0v) is 11.7. The van der Waals surface area contributed by atoms with E-state index >= 15 is 0 Å². The van der Waals surface area contributed by atoms with Crippen LogP contribution in [0.25, 0.3) is 0 Å². The van der Waals surface area contributed by atoms with Crippen molar-refractivity contribution in [3.05, 3.63) is 22.4 Å². The number of hydrogen-bond acceptors (Lipinski definition) is 4. The van der Waals surface area contributed by atoms with Crippen LogP contribution in [0.2, 0.25) is 0 Å². The van der Waals surface area contributed by atoms with Crippen LogP contribution >= 0.6 is 11.3 Å². The average Bonchev–Trinajstić information content (AvgIpc) is 2.82. The van der Waals surface area contributed by atoms with Crippen molar-refractivity contribution in [2.45, 2.75) is 39.3 Å². The summed E-state index contributed by atoms with van der Waals surface area (Å²) in [6, 6.07) is 4.12. The van der Waals surface area contributed by atoms with Crippen molar-refractivity contribution in [1.29, 1.82) is 0 Å². The molecule has 1 N–H and O–H groups in total. The molecule has 0 aliphatic rings. The van der Waals surface area contributed by atoms with Gasteiger partial charge in [0.1, 0.15) is 6.04 Å². The molecule has 1 rings (SSSR count). The van der Waals surface area contributed by atoms with Crippen molar-refractivity contribution in [3.63, 3.8) is 0 Å². The lowest BCUT2D eigenvalue weighted by Crippen LogP contribution is -2.40. The molecular weight excluding hydrogens is 234 g/mol. The summed E-state index contributed by atoms with van der Waals surface area (Å²) in [6.45, 7) is 6.29. The molecular formula is C13H21NO2S. The van der Waals surface area contributed by atoms with Crippen LogP contribution in [-0.4, -0.2) is 19.1 Å². The normalized spacial score (nSPS) is 14.6. The van der Waals surface area contributed by atoms with Gasteiger partial charge in [-0.05, 0) is 23.8 Å². The zero-order chi connectivity index (χ0) is 12.8. The van der Waals surface area contributed by atoms with E-state index in [1.807, 2.05) is 13.0 Å². The number of thiophene rings is 1. The van der Waals surface area contributed by atoms with Gasteiger partial charge in [-0.1, -0.05) is 26.8 Å². The summed E-state index contributed by atoms with van der Waals surface area (Å²) in [5, 5.41) is 5.45. The molecule has 0 bridgehead atoms. The summed E-state index contributed by atoms with van der Waals surface area (Å²) < 4.78 is 4.80. The Morgan fingerprint density at radius 2 is 2.24 bits per heavy atom. The van der Waals surface area contributed by atoms with Crippen molar-refractivity contribution in [3.8, 4) is 0 Å². The molecule has 0 spiro atoms. The predicted molar refractivity (Wildman–Crippen MR) is 71.1 cm³/mol. The van der Waals surface area contributed by atoms with Gasteiger partial charge >= 0.3 is 5.97 Å². The maximum absolute atomic E-state index is 11.6. The number of carbonyl (C=O) groups is 1. The van der Waals surface area contributed by atoms with Crippen LogP contribution in [0.3, 0.4) is 0 Å². The van der Waals surface area contributed by atoms with Gasteiger partial charge < -0.3 is 4.74 Å². The second-order valence-electron chi connectivity index (χ2n) is 4.39. The van der Waals surface area contributed by atoms with Gasteiger partial charge in [0.05, 0.1) is 7.11 Å². The largest absolute Gasteiger partial charge is 0.468 e. The Morgan fingerprint density at radius 3 is 2.65 bits per heavy atom. The Labute approximate surface area is 107 Å². The number of methoxy groups -OCH3 is 1. The van der Waals surface area contributed by atoms with Gasteiger partial charge in [0.25, 0.3) is 0 Å². The number of carbonyl (C=O) groups excluding carboxylic acids is 1. The topological polar surface area (TPSA) is 38.3 Å². The first kappa shape index (κ1) is 14.2. The lowest BCUT2D eigenvalue weighted by molar-refractivity contribution is -0.143. The molecule has 1 heterocycles. The first-order valence-corrected chi connectivity index (χ1v) is 6.85. The molecule has 0 saturated carbocycles. The van der Waals surface area contributed by atoms with Crippen LogP contribution < -0.4 is 5.32 Å². The lowest BCUT2D eigenvalue weighted by Gasteiger charge is -2.25. The molecule has 0 fully saturated rings. The molecule has 2 unspecified atom stereocenters. The Bertz CT molecular complexity index is 335. The minimum absolute atomic E-state index is 0.185.